The molecule has 0 saturated heterocycles. The normalized spacial score (nSPS) is 15.2. The van der Waals surface area contributed by atoms with Gasteiger partial charge in [-0.15, -0.1) is 0 Å². The van der Waals surface area contributed by atoms with Gasteiger partial charge in [-0.05, 0) is 42.9 Å². The number of aliphatic hydroxyl groups excluding tert-OH is 1. The molecule has 0 radical (unpaired) electrons. The molecule has 0 amide bonds. The maximum Gasteiger partial charge on any atom is 0.176 e. The topological polar surface area (TPSA) is 89.4 Å². The second-order valence-electron chi connectivity index (χ2n) is 9.76. The largest absolute Gasteiger partial charge is 0.377 e. The summed E-state index contributed by atoms with van der Waals surface area (Å²) in [5, 5.41) is 19.8. The van der Waals surface area contributed by atoms with Crippen LogP contribution in [0, 0.1) is 6.92 Å². The number of hydrogen-bond acceptors (Lipinski definition) is 6. The SMILES string of the molecule is Cc1ccc(CC(=O)CCc2noc(C(O)c3cc(C(C)(C)C)no3)c2C2CC2)c(Cl)c1. The molecule has 7 heteroatoms. The zero-order chi connectivity index (χ0) is 23.0. The van der Waals surface area contributed by atoms with Gasteiger partial charge in [0, 0.05) is 41.3 Å². The van der Waals surface area contributed by atoms with Crippen LogP contribution in [0.1, 0.15) is 91.7 Å². The second-order valence-corrected chi connectivity index (χ2v) is 10.2. The predicted octanol–water partition coefficient (Wildman–Crippen LogP) is 5.63. The van der Waals surface area contributed by atoms with Gasteiger partial charge in [0.25, 0.3) is 0 Å². The Morgan fingerprint density at radius 3 is 2.59 bits per heavy atom. The molecular weight excluding hydrogens is 428 g/mol. The Balaban J connectivity index is 1.47. The quantitative estimate of drug-likeness (QED) is 0.472. The number of aromatic nitrogens is 2. The third-order valence-electron chi connectivity index (χ3n) is 5.87. The minimum atomic E-state index is -1.07. The molecule has 2 aromatic heterocycles. The fourth-order valence-electron chi connectivity index (χ4n) is 3.79. The van der Waals surface area contributed by atoms with Crippen LogP contribution in [-0.4, -0.2) is 21.2 Å². The number of ketones is 1. The van der Waals surface area contributed by atoms with Crippen molar-refractivity contribution < 1.29 is 18.9 Å². The molecule has 4 rings (SSSR count). The Morgan fingerprint density at radius 1 is 1.22 bits per heavy atom. The van der Waals surface area contributed by atoms with Crippen molar-refractivity contribution in [3.63, 3.8) is 0 Å². The highest BCUT2D eigenvalue weighted by Gasteiger charge is 2.36. The van der Waals surface area contributed by atoms with Gasteiger partial charge in [0.2, 0.25) is 0 Å². The van der Waals surface area contributed by atoms with Gasteiger partial charge in [0.15, 0.2) is 17.6 Å². The van der Waals surface area contributed by atoms with Crippen molar-refractivity contribution in [3.8, 4) is 0 Å². The summed E-state index contributed by atoms with van der Waals surface area (Å²) in [4.78, 5) is 12.6. The lowest BCUT2D eigenvalue weighted by atomic mass is 9.91. The van der Waals surface area contributed by atoms with Crippen LogP contribution in [0.2, 0.25) is 5.02 Å². The Hall–Kier alpha value is -2.44. The molecule has 1 saturated carbocycles. The van der Waals surface area contributed by atoms with Gasteiger partial charge in [-0.25, -0.2) is 0 Å². The highest BCUT2D eigenvalue weighted by Crippen LogP contribution is 2.46. The summed E-state index contributed by atoms with van der Waals surface area (Å²) >= 11 is 6.27. The minimum Gasteiger partial charge on any atom is -0.377 e. The summed E-state index contributed by atoms with van der Waals surface area (Å²) in [5.41, 5.74) is 4.12. The van der Waals surface area contributed by atoms with Crippen LogP contribution in [0.25, 0.3) is 0 Å². The summed E-state index contributed by atoms with van der Waals surface area (Å²) in [6.07, 6.45) is 2.06. The Bertz CT molecular complexity index is 1120. The molecule has 32 heavy (non-hydrogen) atoms. The van der Waals surface area contributed by atoms with E-state index in [1.165, 1.54) is 0 Å². The number of aryl methyl sites for hydroxylation is 2. The van der Waals surface area contributed by atoms with Crippen LogP contribution in [-0.2, 0) is 23.1 Å². The molecule has 3 aromatic rings. The van der Waals surface area contributed by atoms with Crippen molar-refractivity contribution in [2.45, 2.75) is 77.2 Å². The third kappa shape index (κ3) is 4.97. The van der Waals surface area contributed by atoms with E-state index >= 15 is 0 Å². The molecule has 1 unspecified atom stereocenters. The van der Waals surface area contributed by atoms with Crippen molar-refractivity contribution in [1.82, 2.24) is 10.3 Å². The second kappa shape index (κ2) is 8.83. The maximum absolute atomic E-state index is 12.6. The summed E-state index contributed by atoms with van der Waals surface area (Å²) in [6.45, 7) is 8.06. The summed E-state index contributed by atoms with van der Waals surface area (Å²) in [6, 6.07) is 7.49. The summed E-state index contributed by atoms with van der Waals surface area (Å²) in [5.74, 6) is 1.12. The number of carbonyl (C=O) groups excluding carboxylic acids is 1. The maximum atomic E-state index is 12.6. The number of aliphatic hydroxyl groups is 1. The first-order valence-electron chi connectivity index (χ1n) is 11.0. The standard InChI is InChI=1S/C25H29ClN2O4/c1-14-5-6-16(18(26)11-14)12-17(29)9-10-19-22(15-7-8-15)24(32-27-19)23(30)20-13-21(28-31-20)25(2,3)4/h5-6,11,13,15,23,30H,7-10,12H2,1-4H3. The molecule has 170 valence electrons. The highest BCUT2D eigenvalue weighted by molar-refractivity contribution is 6.31. The Labute approximate surface area is 192 Å². The molecule has 1 aliphatic rings. The van der Waals surface area contributed by atoms with Gasteiger partial charge >= 0.3 is 0 Å². The van der Waals surface area contributed by atoms with Crippen LogP contribution >= 0.6 is 11.6 Å². The number of benzene rings is 1. The number of Topliss-reactive ketones (excluding diaryl/α,β-unsaturated/α-hetero) is 1. The lowest BCUT2D eigenvalue weighted by Gasteiger charge is -2.12. The van der Waals surface area contributed by atoms with E-state index in [1.807, 2.05) is 45.9 Å². The van der Waals surface area contributed by atoms with Gasteiger partial charge in [-0.3, -0.25) is 4.79 Å². The van der Waals surface area contributed by atoms with Crippen molar-refractivity contribution in [1.29, 1.82) is 0 Å². The van der Waals surface area contributed by atoms with E-state index in [0.717, 1.165) is 40.9 Å². The van der Waals surface area contributed by atoms with E-state index in [4.69, 9.17) is 20.6 Å². The average Bonchev–Trinajstić information content (AvgIpc) is 3.26. The molecule has 1 aliphatic carbocycles. The Kier molecular flexibility index (Phi) is 6.28. The van der Waals surface area contributed by atoms with Gasteiger partial charge in [0.05, 0.1) is 11.4 Å². The molecule has 0 aliphatic heterocycles. The van der Waals surface area contributed by atoms with Gasteiger partial charge < -0.3 is 14.2 Å². The third-order valence-corrected chi connectivity index (χ3v) is 6.22. The smallest absolute Gasteiger partial charge is 0.176 e. The van der Waals surface area contributed by atoms with Crippen molar-refractivity contribution in [3.05, 3.63) is 68.9 Å². The molecule has 1 aromatic carbocycles. The monoisotopic (exact) mass is 456 g/mol. The fourth-order valence-corrected chi connectivity index (χ4v) is 4.09. The lowest BCUT2D eigenvalue weighted by molar-refractivity contribution is -0.118. The van der Waals surface area contributed by atoms with Crippen LogP contribution in [0.5, 0.6) is 0 Å². The van der Waals surface area contributed by atoms with E-state index in [2.05, 4.69) is 10.3 Å². The van der Waals surface area contributed by atoms with Crippen molar-refractivity contribution >= 4 is 17.4 Å². The predicted molar refractivity (Wildman–Crippen MR) is 121 cm³/mol. The number of halogens is 1. The molecule has 0 bridgehead atoms. The van der Waals surface area contributed by atoms with Crippen LogP contribution in [0.15, 0.2) is 33.3 Å². The van der Waals surface area contributed by atoms with Crippen molar-refractivity contribution in [2.24, 2.45) is 0 Å². The zero-order valence-corrected chi connectivity index (χ0v) is 19.7. The van der Waals surface area contributed by atoms with Crippen molar-refractivity contribution in [2.75, 3.05) is 0 Å². The first-order chi connectivity index (χ1) is 15.1. The van der Waals surface area contributed by atoms with Crippen LogP contribution < -0.4 is 0 Å². The summed E-state index contributed by atoms with van der Waals surface area (Å²) < 4.78 is 11.0. The minimum absolute atomic E-state index is 0.0904. The molecule has 1 atom stereocenters. The van der Waals surface area contributed by atoms with Gasteiger partial charge in [0.1, 0.15) is 5.78 Å². The van der Waals surface area contributed by atoms with E-state index in [1.54, 1.807) is 6.07 Å². The zero-order valence-electron chi connectivity index (χ0n) is 18.9. The van der Waals surface area contributed by atoms with Gasteiger partial charge in [-0.2, -0.15) is 0 Å². The first-order valence-corrected chi connectivity index (χ1v) is 11.4. The number of nitrogens with zero attached hydrogens (tertiary/aromatic N) is 2. The first kappa shape index (κ1) is 22.7. The molecular formula is C25H29ClN2O4. The number of carbonyl (C=O) groups is 1. The van der Waals surface area contributed by atoms with E-state index in [0.29, 0.717) is 41.7 Å². The average molecular weight is 457 g/mol. The highest BCUT2D eigenvalue weighted by atomic mass is 35.5. The molecule has 2 heterocycles. The molecule has 1 fully saturated rings. The fraction of sp³-hybridized carbons (Fsp3) is 0.480. The van der Waals surface area contributed by atoms with E-state index < -0.39 is 6.10 Å². The summed E-state index contributed by atoms with van der Waals surface area (Å²) in [7, 11) is 0. The van der Waals surface area contributed by atoms with E-state index in [-0.39, 0.29) is 11.2 Å². The molecule has 0 spiro atoms. The van der Waals surface area contributed by atoms with Gasteiger partial charge in [-0.1, -0.05) is 54.8 Å². The van der Waals surface area contributed by atoms with Crippen LogP contribution in [0.4, 0.5) is 0 Å². The van der Waals surface area contributed by atoms with E-state index in [9.17, 15) is 9.90 Å². The van der Waals surface area contributed by atoms with Crippen LogP contribution in [0.3, 0.4) is 0 Å². The number of hydrogen-bond donors (Lipinski definition) is 1. The number of rotatable bonds is 8. The lowest BCUT2D eigenvalue weighted by Crippen LogP contribution is -2.11. The Morgan fingerprint density at radius 2 is 1.97 bits per heavy atom. The molecule has 6 nitrogen and oxygen atoms in total. The molecule has 1 N–H and O–H groups in total.